The Balaban J connectivity index is 1.65. The number of para-hydroxylation sites is 1. The van der Waals surface area contributed by atoms with Crippen LogP contribution < -0.4 is 0 Å². The van der Waals surface area contributed by atoms with Crippen molar-refractivity contribution in [3.63, 3.8) is 0 Å². The maximum Gasteiger partial charge on any atom is 0.236 e. The lowest BCUT2D eigenvalue weighted by atomic mass is 10.1. The van der Waals surface area contributed by atoms with Crippen molar-refractivity contribution in [3.05, 3.63) is 66.4 Å². The number of carbonyl (C=O) groups is 1. The molecule has 6 nitrogen and oxygen atoms in total. The predicted molar refractivity (Wildman–Crippen MR) is 142 cm³/mol. The molecule has 180 valence electrons. The molecule has 0 radical (unpaired) electrons. The van der Waals surface area contributed by atoms with E-state index in [2.05, 4.69) is 13.8 Å². The summed E-state index contributed by atoms with van der Waals surface area (Å²) in [7, 11) is 0. The molecule has 0 spiro atoms. The Morgan fingerprint density at radius 1 is 0.943 bits per heavy atom. The molecule has 1 amide bonds. The Hall–Kier alpha value is -3.19. The van der Waals surface area contributed by atoms with Gasteiger partial charge in [-0.15, -0.1) is 0 Å². The highest BCUT2D eigenvalue weighted by Crippen LogP contribution is 2.36. The molecule has 1 fully saturated rings. The average Bonchev–Trinajstić information content (AvgIpc) is 3.31. The van der Waals surface area contributed by atoms with Crippen molar-refractivity contribution >= 4 is 28.7 Å². The second kappa shape index (κ2) is 10.6. The molecule has 0 N–H and O–H groups in total. The predicted octanol–water partition coefficient (Wildman–Crippen LogP) is 5.93. The molecule has 1 aliphatic heterocycles. The molecule has 7 heteroatoms. The van der Waals surface area contributed by atoms with E-state index in [0.717, 1.165) is 71.8 Å². The normalized spacial score (nSPS) is 14.9. The molecule has 1 saturated heterocycles. The molecule has 0 aliphatic carbocycles. The first-order chi connectivity index (χ1) is 17.2. The van der Waals surface area contributed by atoms with Gasteiger partial charge in [0.05, 0.1) is 22.0 Å². The molecule has 4 aromatic rings. The number of fused-ring (bicyclic) bond motifs is 1. The fourth-order valence-corrected chi connectivity index (χ4v) is 5.76. The third kappa shape index (κ3) is 4.82. The molecule has 1 atom stereocenters. The van der Waals surface area contributed by atoms with Crippen LogP contribution in [0.2, 0.25) is 0 Å². The van der Waals surface area contributed by atoms with Crippen LogP contribution in [0.4, 0.5) is 0 Å². The zero-order valence-corrected chi connectivity index (χ0v) is 21.2. The number of thioether (sulfide) groups is 1. The summed E-state index contributed by atoms with van der Waals surface area (Å²) >= 11 is 1.57. The number of rotatable bonds is 7. The van der Waals surface area contributed by atoms with E-state index in [1.165, 1.54) is 6.42 Å². The smallest absolute Gasteiger partial charge is 0.236 e. The quantitative estimate of drug-likeness (QED) is 0.240. The van der Waals surface area contributed by atoms with Gasteiger partial charge in [0, 0.05) is 18.7 Å². The average molecular weight is 486 g/mol. The summed E-state index contributed by atoms with van der Waals surface area (Å²) in [4.78, 5) is 25.5. The number of likely N-dealkylation sites (tertiary alicyclic amines) is 1. The van der Waals surface area contributed by atoms with Crippen molar-refractivity contribution in [1.29, 1.82) is 0 Å². The van der Waals surface area contributed by atoms with E-state index in [-0.39, 0.29) is 11.2 Å². The first-order valence-electron chi connectivity index (χ1n) is 12.6. The largest absolute Gasteiger partial charge is 0.342 e. The van der Waals surface area contributed by atoms with Crippen molar-refractivity contribution in [1.82, 2.24) is 24.6 Å². The highest BCUT2D eigenvalue weighted by atomic mass is 32.2. The standard InChI is InChI=1S/C28H31N5OS/c1-3-22-24-26(33(31-22)21-16-10-6-11-17-21)29-25(20-14-8-5-9-15-20)30-27(24)35-23(4-2)28(34)32-18-12-7-13-19-32/h5-6,8-11,14-17,23H,3-4,7,12-13,18-19H2,1-2H3/t23-/m1/s1. The van der Waals surface area contributed by atoms with Gasteiger partial charge in [-0.3, -0.25) is 4.79 Å². The maximum atomic E-state index is 13.4. The molecule has 5 rings (SSSR count). The lowest BCUT2D eigenvalue weighted by molar-refractivity contribution is -0.131. The van der Waals surface area contributed by atoms with Crippen LogP contribution in [0, 0.1) is 0 Å². The van der Waals surface area contributed by atoms with Crippen LogP contribution in [0.1, 0.15) is 45.2 Å². The first-order valence-corrected chi connectivity index (χ1v) is 13.4. The molecule has 0 saturated carbocycles. The van der Waals surface area contributed by atoms with E-state index in [1.54, 1.807) is 11.8 Å². The van der Waals surface area contributed by atoms with Crippen molar-refractivity contribution in [2.45, 2.75) is 56.2 Å². The summed E-state index contributed by atoms with van der Waals surface area (Å²) in [5.74, 6) is 0.874. The number of benzene rings is 2. The monoisotopic (exact) mass is 485 g/mol. The fraction of sp³-hybridized carbons (Fsp3) is 0.357. The van der Waals surface area contributed by atoms with Crippen molar-refractivity contribution in [2.24, 2.45) is 0 Å². The lowest BCUT2D eigenvalue weighted by Gasteiger charge is -2.29. The number of aromatic nitrogens is 4. The van der Waals surface area contributed by atoms with Gasteiger partial charge in [0.25, 0.3) is 0 Å². The van der Waals surface area contributed by atoms with Gasteiger partial charge in [-0.2, -0.15) is 5.10 Å². The highest BCUT2D eigenvalue weighted by molar-refractivity contribution is 8.00. The van der Waals surface area contributed by atoms with Crippen LogP contribution in [-0.4, -0.2) is 48.9 Å². The van der Waals surface area contributed by atoms with Crippen molar-refractivity contribution < 1.29 is 4.79 Å². The topological polar surface area (TPSA) is 63.9 Å². The van der Waals surface area contributed by atoms with Gasteiger partial charge < -0.3 is 4.90 Å². The van der Waals surface area contributed by atoms with E-state index in [4.69, 9.17) is 15.1 Å². The van der Waals surface area contributed by atoms with E-state index in [9.17, 15) is 4.79 Å². The number of hydrogen-bond donors (Lipinski definition) is 0. The molecular formula is C28H31N5OS. The molecule has 1 aliphatic rings. The van der Waals surface area contributed by atoms with Crippen LogP contribution in [0.3, 0.4) is 0 Å². The van der Waals surface area contributed by atoms with E-state index < -0.39 is 0 Å². The summed E-state index contributed by atoms with van der Waals surface area (Å²) in [6, 6.07) is 20.1. The van der Waals surface area contributed by atoms with Crippen LogP contribution in [-0.2, 0) is 11.2 Å². The van der Waals surface area contributed by atoms with Crippen LogP contribution in [0.15, 0.2) is 65.7 Å². The molecule has 0 unspecified atom stereocenters. The van der Waals surface area contributed by atoms with Crippen molar-refractivity contribution in [3.8, 4) is 17.1 Å². The van der Waals surface area contributed by atoms with Crippen LogP contribution >= 0.6 is 11.8 Å². The van der Waals surface area contributed by atoms with Gasteiger partial charge in [0.2, 0.25) is 5.91 Å². The van der Waals surface area contributed by atoms with Crippen molar-refractivity contribution in [2.75, 3.05) is 13.1 Å². The fourth-order valence-electron chi connectivity index (χ4n) is 4.61. The molecule has 0 bridgehead atoms. The summed E-state index contributed by atoms with van der Waals surface area (Å²) in [6.45, 7) is 5.91. The first kappa shape index (κ1) is 23.5. The Labute approximate surface area is 210 Å². The second-order valence-electron chi connectivity index (χ2n) is 8.87. The summed E-state index contributed by atoms with van der Waals surface area (Å²) in [6.07, 6.45) is 4.90. The Morgan fingerprint density at radius 2 is 1.63 bits per heavy atom. The summed E-state index contributed by atoms with van der Waals surface area (Å²) in [5, 5.41) is 6.55. The summed E-state index contributed by atoms with van der Waals surface area (Å²) < 4.78 is 1.92. The van der Waals surface area contributed by atoms with Gasteiger partial charge in [-0.25, -0.2) is 14.6 Å². The Kier molecular flexibility index (Phi) is 7.13. The number of carbonyl (C=O) groups excluding carboxylic acids is 1. The minimum absolute atomic E-state index is 0.181. The minimum atomic E-state index is -0.181. The summed E-state index contributed by atoms with van der Waals surface area (Å²) in [5.41, 5.74) is 3.64. The third-order valence-corrected chi connectivity index (χ3v) is 7.84. The van der Waals surface area contributed by atoms with Gasteiger partial charge in [-0.1, -0.05) is 74.1 Å². The zero-order valence-electron chi connectivity index (χ0n) is 20.4. The number of nitrogens with zero attached hydrogens (tertiary/aromatic N) is 5. The molecule has 3 heterocycles. The molecular weight excluding hydrogens is 454 g/mol. The Bertz CT molecular complexity index is 1300. The number of aryl methyl sites for hydroxylation is 1. The second-order valence-corrected chi connectivity index (χ2v) is 10.1. The maximum absolute atomic E-state index is 13.4. The molecule has 2 aromatic heterocycles. The van der Waals surface area contributed by atoms with Gasteiger partial charge in [0.15, 0.2) is 11.5 Å². The van der Waals surface area contributed by atoms with Gasteiger partial charge in [-0.05, 0) is 44.2 Å². The zero-order chi connectivity index (χ0) is 24.2. The van der Waals surface area contributed by atoms with Crippen LogP contribution in [0.25, 0.3) is 28.1 Å². The number of amides is 1. The SMILES string of the molecule is CCc1nn(-c2ccccc2)c2nc(-c3ccccc3)nc(S[C@H](CC)C(=O)N3CCCCC3)c12. The van der Waals surface area contributed by atoms with E-state index in [1.807, 2.05) is 70.2 Å². The highest BCUT2D eigenvalue weighted by Gasteiger charge is 2.28. The minimum Gasteiger partial charge on any atom is -0.342 e. The molecule has 2 aromatic carbocycles. The number of piperidine rings is 1. The van der Waals surface area contributed by atoms with Gasteiger partial charge >= 0.3 is 0 Å². The van der Waals surface area contributed by atoms with E-state index in [0.29, 0.717) is 5.82 Å². The molecule has 35 heavy (non-hydrogen) atoms. The van der Waals surface area contributed by atoms with E-state index >= 15 is 0 Å². The lowest BCUT2D eigenvalue weighted by Crippen LogP contribution is -2.40. The van der Waals surface area contributed by atoms with Gasteiger partial charge in [0.1, 0.15) is 5.03 Å². The van der Waals surface area contributed by atoms with Crippen LogP contribution in [0.5, 0.6) is 0 Å². The number of hydrogen-bond acceptors (Lipinski definition) is 5. The third-order valence-electron chi connectivity index (χ3n) is 6.50. The Morgan fingerprint density at radius 3 is 2.29 bits per heavy atom.